The molecule has 1 aliphatic carbocycles. The standard InChI is InChI=1S/C13H9.C9H13.C3H6.2ClH.Zr/c1-3-7-12-10(5-1)9-11-6-2-4-8-13(11)12;1-6-5-7(2)9(4)8(6)3;1-3-2;;;/h1-5,7-8H,9H2;5H,1-4H3;1-2H3;2*1H;/q2*-1;;;;+2/p-2. The molecule has 3 aromatic rings. The van der Waals surface area contributed by atoms with E-state index in [0.29, 0.717) is 0 Å². The normalized spacial score (nSPS) is 10.0. The monoisotopic (exact) mass is 488 g/mol. The van der Waals surface area contributed by atoms with Crippen molar-refractivity contribution < 1.29 is 49.0 Å². The molecule has 0 aromatic heterocycles. The first-order chi connectivity index (χ1) is 12.3. The maximum Gasteiger partial charge on any atom is -0.0253 e. The Bertz CT molecular complexity index is 837. The van der Waals surface area contributed by atoms with Crippen LogP contribution in [0.5, 0.6) is 0 Å². The molecule has 3 aromatic carbocycles. The largest absolute Gasteiger partial charge is 1.00 e. The van der Waals surface area contributed by atoms with E-state index in [1.54, 1.807) is 24.2 Å². The van der Waals surface area contributed by atoms with Crippen molar-refractivity contribution in [2.45, 2.75) is 48.0 Å². The minimum absolute atomic E-state index is 0. The molecule has 28 heavy (non-hydrogen) atoms. The van der Waals surface area contributed by atoms with Gasteiger partial charge >= 0.3 is 41.3 Å². The predicted molar refractivity (Wildman–Crippen MR) is 111 cm³/mol. The van der Waals surface area contributed by atoms with Crippen LogP contribution in [0.25, 0.3) is 11.1 Å². The topological polar surface area (TPSA) is 0 Å². The van der Waals surface area contributed by atoms with Crippen LogP contribution in [0, 0.1) is 33.8 Å². The third-order valence-corrected chi connectivity index (χ3v) is 4.80. The SMILES string of the molecule is C[C](C)=[Zr+2].Cc1c[c-](C)c(C)c1C.[Cl-].[Cl-].[c-]1cccc2c1Cc1ccccc1-2. The van der Waals surface area contributed by atoms with E-state index in [0.717, 1.165) is 6.42 Å². The number of rotatable bonds is 0. The molecule has 0 saturated heterocycles. The summed E-state index contributed by atoms with van der Waals surface area (Å²) in [6.45, 7) is 12.9. The van der Waals surface area contributed by atoms with Crippen molar-refractivity contribution in [3.05, 3.63) is 88.0 Å². The van der Waals surface area contributed by atoms with Crippen molar-refractivity contribution >= 4 is 3.21 Å². The van der Waals surface area contributed by atoms with Gasteiger partial charge in [0, 0.05) is 0 Å². The third-order valence-electron chi connectivity index (χ3n) is 4.80. The second-order valence-electron chi connectivity index (χ2n) is 7.16. The van der Waals surface area contributed by atoms with E-state index in [4.69, 9.17) is 0 Å². The number of fused-ring (bicyclic) bond motifs is 3. The molecule has 0 atom stereocenters. The molecule has 1 aliphatic rings. The van der Waals surface area contributed by atoms with E-state index in [9.17, 15) is 0 Å². The van der Waals surface area contributed by atoms with Crippen molar-refractivity contribution in [3.63, 3.8) is 0 Å². The Morgan fingerprint density at radius 2 is 1.54 bits per heavy atom. The van der Waals surface area contributed by atoms with Crippen LogP contribution in [0.2, 0.25) is 0 Å². The molecule has 3 heteroatoms. The Labute approximate surface area is 198 Å². The average Bonchev–Trinajstić information content (AvgIpc) is 3.08. The minimum Gasteiger partial charge on any atom is -1.00 e. The van der Waals surface area contributed by atoms with Gasteiger partial charge in [-0.2, -0.15) is 58.1 Å². The van der Waals surface area contributed by atoms with Gasteiger partial charge in [0.25, 0.3) is 0 Å². The molecule has 0 unspecified atom stereocenters. The average molecular weight is 491 g/mol. The van der Waals surface area contributed by atoms with Crippen LogP contribution in [0.15, 0.2) is 48.5 Å². The fraction of sp³-hybridized carbons (Fsp3) is 0.280. The van der Waals surface area contributed by atoms with Crippen LogP contribution in [0.1, 0.15) is 47.2 Å². The molecule has 0 N–H and O–H groups in total. The van der Waals surface area contributed by atoms with Gasteiger partial charge in [-0.1, -0.05) is 63.1 Å². The smallest absolute Gasteiger partial charge is 0.0253 e. The molecule has 0 fully saturated rings. The third kappa shape index (κ3) is 7.18. The summed E-state index contributed by atoms with van der Waals surface area (Å²) in [5, 5.41) is 0. The first kappa shape index (κ1) is 27.1. The molecule has 0 amide bonds. The van der Waals surface area contributed by atoms with Gasteiger partial charge in [0.1, 0.15) is 0 Å². The summed E-state index contributed by atoms with van der Waals surface area (Å²) in [6, 6.07) is 20.3. The Morgan fingerprint density at radius 1 is 0.964 bits per heavy atom. The van der Waals surface area contributed by atoms with E-state index in [1.165, 1.54) is 47.7 Å². The summed E-state index contributed by atoms with van der Waals surface area (Å²) >= 11 is 1.55. The molecule has 0 bridgehead atoms. The van der Waals surface area contributed by atoms with Crippen LogP contribution < -0.4 is 24.8 Å². The molecular weight excluding hydrogens is 462 g/mol. The van der Waals surface area contributed by atoms with E-state index in [-0.39, 0.29) is 24.8 Å². The quantitative estimate of drug-likeness (QED) is 0.314. The van der Waals surface area contributed by atoms with Crippen molar-refractivity contribution in [2.24, 2.45) is 0 Å². The molecule has 0 heterocycles. The minimum atomic E-state index is 0. The number of hydrogen-bond donors (Lipinski definition) is 0. The Hall–Kier alpha value is -0.877. The number of hydrogen-bond acceptors (Lipinski definition) is 0. The summed E-state index contributed by atoms with van der Waals surface area (Å²) < 4.78 is 1.51. The maximum absolute atomic E-state index is 3.30. The van der Waals surface area contributed by atoms with Crippen LogP contribution in [0.3, 0.4) is 0 Å². The zero-order valence-corrected chi connectivity index (χ0v) is 21.6. The Balaban J connectivity index is 0.000000432. The summed E-state index contributed by atoms with van der Waals surface area (Å²) in [7, 11) is 0. The second kappa shape index (κ2) is 12.6. The van der Waals surface area contributed by atoms with Gasteiger partial charge in [-0.15, -0.1) is 5.56 Å². The van der Waals surface area contributed by atoms with Gasteiger partial charge < -0.3 is 24.8 Å². The number of benzene rings is 2. The van der Waals surface area contributed by atoms with E-state index >= 15 is 0 Å². The summed E-state index contributed by atoms with van der Waals surface area (Å²) in [4.78, 5) is 0. The van der Waals surface area contributed by atoms with Crippen LogP contribution in [0.4, 0.5) is 0 Å². The zero-order valence-electron chi connectivity index (χ0n) is 17.6. The molecule has 4 rings (SSSR count). The molecular formula is C25H28Cl2Zr-2. The van der Waals surface area contributed by atoms with Crippen molar-refractivity contribution in [3.8, 4) is 11.1 Å². The van der Waals surface area contributed by atoms with Gasteiger partial charge in [0.2, 0.25) is 0 Å². The maximum atomic E-state index is 3.30. The van der Waals surface area contributed by atoms with Gasteiger partial charge in [-0.3, -0.25) is 0 Å². The van der Waals surface area contributed by atoms with Crippen molar-refractivity contribution in [1.82, 2.24) is 0 Å². The summed E-state index contributed by atoms with van der Waals surface area (Å²) in [5.41, 5.74) is 11.3. The fourth-order valence-electron chi connectivity index (χ4n) is 3.13. The second-order valence-corrected chi connectivity index (χ2v) is 9.61. The van der Waals surface area contributed by atoms with Gasteiger partial charge in [0.15, 0.2) is 0 Å². The van der Waals surface area contributed by atoms with Crippen LogP contribution in [-0.4, -0.2) is 3.21 Å². The van der Waals surface area contributed by atoms with Crippen LogP contribution >= 0.6 is 0 Å². The Morgan fingerprint density at radius 3 is 2.04 bits per heavy atom. The van der Waals surface area contributed by atoms with Crippen LogP contribution in [-0.2, 0) is 30.7 Å². The molecule has 0 radical (unpaired) electrons. The van der Waals surface area contributed by atoms with Crippen molar-refractivity contribution in [2.75, 3.05) is 0 Å². The zero-order chi connectivity index (χ0) is 19.3. The van der Waals surface area contributed by atoms with Crippen molar-refractivity contribution in [1.29, 1.82) is 0 Å². The van der Waals surface area contributed by atoms with E-state index in [2.05, 4.69) is 90.1 Å². The summed E-state index contributed by atoms with van der Waals surface area (Å²) in [6.07, 6.45) is 1.05. The molecule has 0 nitrogen and oxygen atoms in total. The van der Waals surface area contributed by atoms with E-state index in [1.807, 2.05) is 6.07 Å². The summed E-state index contributed by atoms with van der Waals surface area (Å²) in [5.74, 6) is 0. The number of halogens is 2. The number of aryl methyl sites for hydroxylation is 2. The molecule has 0 saturated carbocycles. The first-order valence-electron chi connectivity index (χ1n) is 9.11. The van der Waals surface area contributed by atoms with E-state index < -0.39 is 0 Å². The van der Waals surface area contributed by atoms with Gasteiger partial charge in [-0.05, 0) is 6.42 Å². The molecule has 0 aliphatic heterocycles. The molecule has 148 valence electrons. The first-order valence-corrected chi connectivity index (χ1v) is 10.3. The fourth-order valence-corrected chi connectivity index (χ4v) is 3.13. The van der Waals surface area contributed by atoms with Gasteiger partial charge in [0.05, 0.1) is 0 Å². The Kier molecular flexibility index (Phi) is 12.2. The molecule has 0 spiro atoms. The predicted octanol–water partition coefficient (Wildman–Crippen LogP) is 0.451. The van der Waals surface area contributed by atoms with Gasteiger partial charge in [-0.25, -0.2) is 0 Å².